The fourth-order valence-corrected chi connectivity index (χ4v) is 4.01. The fourth-order valence-electron chi connectivity index (χ4n) is 3.21. The van der Waals surface area contributed by atoms with Crippen LogP contribution >= 0.6 is 11.9 Å². The van der Waals surface area contributed by atoms with Crippen molar-refractivity contribution >= 4 is 40.3 Å². The molecule has 0 aliphatic heterocycles. The number of nitrogens with zero attached hydrogens (tertiary/aromatic N) is 3. The van der Waals surface area contributed by atoms with E-state index in [1.165, 1.54) is 18.9 Å². The number of carbonyl (C=O) groups is 1. The van der Waals surface area contributed by atoms with Crippen molar-refractivity contribution in [3.8, 4) is 0 Å². The van der Waals surface area contributed by atoms with Crippen LogP contribution in [0.3, 0.4) is 0 Å². The minimum atomic E-state index is -3.01. The number of aromatic nitrogens is 2. The molecule has 1 amide bonds. The maximum absolute atomic E-state index is 14.1. The fraction of sp³-hybridized carbons (Fsp3) is 0.364. The highest BCUT2D eigenvalue weighted by Gasteiger charge is 2.32. The third kappa shape index (κ3) is 5.11. The van der Waals surface area contributed by atoms with E-state index < -0.39 is 5.92 Å². The molecule has 3 aromatic rings. The lowest BCUT2D eigenvalue weighted by molar-refractivity contribution is -0.114. The van der Waals surface area contributed by atoms with E-state index >= 15 is 0 Å². The molecule has 3 rings (SSSR count). The number of rotatable bonds is 7. The third-order valence-corrected chi connectivity index (χ3v) is 5.42. The monoisotopic (exact) mass is 432 g/mol. The molecule has 5 nitrogen and oxygen atoms in total. The van der Waals surface area contributed by atoms with Gasteiger partial charge in [0, 0.05) is 43.7 Å². The van der Waals surface area contributed by atoms with Gasteiger partial charge >= 0.3 is 5.92 Å². The number of benzene rings is 2. The molecule has 0 aliphatic rings. The zero-order chi connectivity index (χ0) is 22.1. The molecule has 0 atom stereocenters. The maximum atomic E-state index is 14.1. The Kier molecular flexibility index (Phi) is 6.36. The number of amides is 1. The van der Waals surface area contributed by atoms with Crippen molar-refractivity contribution in [2.24, 2.45) is 5.92 Å². The minimum absolute atomic E-state index is 0.116. The van der Waals surface area contributed by atoms with Crippen LogP contribution in [0.5, 0.6) is 0 Å². The zero-order valence-corrected chi connectivity index (χ0v) is 18.6. The van der Waals surface area contributed by atoms with Gasteiger partial charge in [0.25, 0.3) is 0 Å². The number of fused-ring (bicyclic) bond motifs is 1. The topological polar surface area (TPSA) is 50.2 Å². The molecule has 8 heteroatoms. The lowest BCUT2D eigenvalue weighted by Gasteiger charge is -2.18. The van der Waals surface area contributed by atoms with Crippen LogP contribution in [0.25, 0.3) is 11.0 Å². The highest BCUT2D eigenvalue weighted by atomic mass is 32.2. The van der Waals surface area contributed by atoms with Gasteiger partial charge < -0.3 is 14.2 Å². The Morgan fingerprint density at radius 1 is 1.23 bits per heavy atom. The quantitative estimate of drug-likeness (QED) is 0.472. The van der Waals surface area contributed by atoms with Gasteiger partial charge in [0.05, 0.1) is 11.0 Å². The Bertz CT molecular complexity index is 1040. The SMILES string of the molecule is CC(=O)Nc1ccc(SN(C)c2ccc3c(c2)nc(C(C)(F)F)n3CC(C)C)cc1. The first-order valence-corrected chi connectivity index (χ1v) is 10.5. The summed E-state index contributed by atoms with van der Waals surface area (Å²) < 4.78 is 31.9. The lowest BCUT2D eigenvalue weighted by Crippen LogP contribution is -2.18. The number of carbonyl (C=O) groups excluding carboxylic acids is 1. The molecule has 0 saturated carbocycles. The Balaban J connectivity index is 1.86. The van der Waals surface area contributed by atoms with E-state index in [1.54, 1.807) is 4.57 Å². The van der Waals surface area contributed by atoms with Gasteiger partial charge in [0.1, 0.15) is 0 Å². The number of anilines is 2. The molecule has 1 aromatic heterocycles. The second-order valence-electron chi connectivity index (χ2n) is 7.80. The van der Waals surface area contributed by atoms with Gasteiger partial charge in [0.15, 0.2) is 5.82 Å². The Morgan fingerprint density at radius 2 is 1.90 bits per heavy atom. The van der Waals surface area contributed by atoms with Crippen LogP contribution in [0, 0.1) is 5.92 Å². The second kappa shape index (κ2) is 8.63. The number of alkyl halides is 2. The molecule has 0 fully saturated rings. The molecule has 1 heterocycles. The predicted octanol–water partition coefficient (Wildman–Crippen LogP) is 5.91. The summed E-state index contributed by atoms with van der Waals surface area (Å²) in [4.78, 5) is 16.4. The summed E-state index contributed by atoms with van der Waals surface area (Å²) in [6, 6.07) is 13.1. The standard InChI is InChI=1S/C22H26F2N4OS/c1-14(2)13-28-20-11-8-17(12-19(20)26-21(28)22(4,23)24)27(5)30-18-9-6-16(7-10-18)25-15(3)29/h6-12,14H,13H2,1-5H3,(H,25,29). The van der Waals surface area contributed by atoms with Gasteiger partial charge in [-0.1, -0.05) is 13.8 Å². The van der Waals surface area contributed by atoms with Crippen LogP contribution in [-0.4, -0.2) is 22.5 Å². The molecule has 0 radical (unpaired) electrons. The molecule has 2 aromatic carbocycles. The van der Waals surface area contributed by atoms with Gasteiger partial charge in [-0.2, -0.15) is 8.78 Å². The largest absolute Gasteiger partial charge is 0.326 e. The molecule has 0 bridgehead atoms. The molecule has 1 N–H and O–H groups in total. The van der Waals surface area contributed by atoms with E-state index in [-0.39, 0.29) is 17.6 Å². The van der Waals surface area contributed by atoms with Crippen molar-refractivity contribution in [3.05, 3.63) is 48.3 Å². The van der Waals surface area contributed by atoms with Crippen molar-refractivity contribution in [1.82, 2.24) is 9.55 Å². The Labute approximate surface area is 179 Å². The van der Waals surface area contributed by atoms with Crippen LogP contribution in [0.15, 0.2) is 47.4 Å². The zero-order valence-electron chi connectivity index (χ0n) is 17.7. The van der Waals surface area contributed by atoms with Crippen LogP contribution in [-0.2, 0) is 17.3 Å². The highest BCUT2D eigenvalue weighted by molar-refractivity contribution is 8.00. The molecule has 30 heavy (non-hydrogen) atoms. The summed E-state index contributed by atoms with van der Waals surface area (Å²) in [5.41, 5.74) is 2.86. The molecule has 0 saturated heterocycles. The molecule has 0 unspecified atom stereocenters. The molecule has 160 valence electrons. The summed E-state index contributed by atoms with van der Waals surface area (Å²) in [6.07, 6.45) is 0. The van der Waals surface area contributed by atoms with E-state index in [4.69, 9.17) is 0 Å². The first kappa shape index (κ1) is 22.1. The number of halogens is 2. The number of imidazole rings is 1. The summed E-state index contributed by atoms with van der Waals surface area (Å²) in [5, 5.41) is 2.74. The van der Waals surface area contributed by atoms with E-state index in [0.717, 1.165) is 23.2 Å². The normalized spacial score (nSPS) is 11.9. The molecule has 0 aliphatic carbocycles. The second-order valence-corrected chi connectivity index (χ2v) is 9.00. The van der Waals surface area contributed by atoms with E-state index in [9.17, 15) is 13.6 Å². The molecule has 0 spiro atoms. The first-order chi connectivity index (χ1) is 14.0. The van der Waals surface area contributed by atoms with Gasteiger partial charge in [-0.15, -0.1) is 0 Å². The molecular formula is C22H26F2N4OS. The number of hydrogen-bond acceptors (Lipinski definition) is 4. The van der Waals surface area contributed by atoms with Gasteiger partial charge in [0.2, 0.25) is 5.91 Å². The van der Waals surface area contributed by atoms with Crippen molar-refractivity contribution in [2.45, 2.75) is 45.1 Å². The van der Waals surface area contributed by atoms with Crippen molar-refractivity contribution < 1.29 is 13.6 Å². The van der Waals surface area contributed by atoms with E-state index in [0.29, 0.717) is 17.6 Å². The van der Waals surface area contributed by atoms with Crippen LogP contribution in [0.1, 0.15) is 33.5 Å². The van der Waals surface area contributed by atoms with Crippen LogP contribution < -0.4 is 9.62 Å². The third-order valence-electron chi connectivity index (χ3n) is 4.45. The van der Waals surface area contributed by atoms with Gasteiger partial charge in [-0.3, -0.25) is 4.79 Å². The number of hydrogen-bond donors (Lipinski definition) is 1. The van der Waals surface area contributed by atoms with Crippen molar-refractivity contribution in [3.63, 3.8) is 0 Å². The maximum Gasteiger partial charge on any atom is 0.302 e. The average Bonchev–Trinajstić information content (AvgIpc) is 3.00. The summed E-state index contributed by atoms with van der Waals surface area (Å²) >= 11 is 1.50. The predicted molar refractivity (Wildman–Crippen MR) is 119 cm³/mol. The average molecular weight is 433 g/mol. The smallest absolute Gasteiger partial charge is 0.302 e. The summed E-state index contributed by atoms with van der Waals surface area (Å²) in [5.74, 6) is -3.10. The van der Waals surface area contributed by atoms with Crippen LogP contribution in [0.4, 0.5) is 20.2 Å². The Morgan fingerprint density at radius 3 is 2.47 bits per heavy atom. The van der Waals surface area contributed by atoms with E-state index in [1.807, 2.05) is 67.7 Å². The Hall–Kier alpha value is -2.61. The first-order valence-electron chi connectivity index (χ1n) is 9.72. The lowest BCUT2D eigenvalue weighted by atomic mass is 10.2. The minimum Gasteiger partial charge on any atom is -0.326 e. The molecular weight excluding hydrogens is 406 g/mol. The summed E-state index contributed by atoms with van der Waals surface area (Å²) in [6.45, 7) is 6.84. The van der Waals surface area contributed by atoms with Crippen LogP contribution in [0.2, 0.25) is 0 Å². The van der Waals surface area contributed by atoms with Gasteiger partial charge in [-0.25, -0.2) is 4.98 Å². The van der Waals surface area contributed by atoms with E-state index in [2.05, 4.69) is 10.3 Å². The van der Waals surface area contributed by atoms with Crippen molar-refractivity contribution in [2.75, 3.05) is 16.7 Å². The van der Waals surface area contributed by atoms with Crippen molar-refractivity contribution in [1.29, 1.82) is 0 Å². The summed E-state index contributed by atoms with van der Waals surface area (Å²) in [7, 11) is 1.91. The highest BCUT2D eigenvalue weighted by Crippen LogP contribution is 2.34. The number of nitrogens with one attached hydrogen (secondary N) is 1. The van der Waals surface area contributed by atoms with Gasteiger partial charge in [-0.05, 0) is 60.3 Å².